The lowest BCUT2D eigenvalue weighted by Crippen LogP contribution is -2.46. The summed E-state index contributed by atoms with van der Waals surface area (Å²) in [6.45, 7) is 2.22. The number of nitrogens with zero attached hydrogens (tertiary/aromatic N) is 1. The normalized spacial score (nSPS) is 41.6. The van der Waals surface area contributed by atoms with E-state index in [0.717, 1.165) is 42.1 Å². The van der Waals surface area contributed by atoms with Gasteiger partial charge in [-0.2, -0.15) is 5.26 Å². The number of fused-ring (bicyclic) bond motifs is 5. The molecule has 2 fully saturated rings. The molecule has 2 N–H and O–H groups in total. The first-order chi connectivity index (χ1) is 11.0. The topological polar surface area (TPSA) is 64.2 Å². The monoisotopic (exact) mass is 375 g/mol. The van der Waals surface area contributed by atoms with E-state index in [9.17, 15) is 15.5 Å². The minimum Gasteiger partial charge on any atom is -0.507 e. The number of aromatic hydroxyl groups is 1. The smallest absolute Gasteiger partial charge is 0.130 e. The number of benzene rings is 1. The van der Waals surface area contributed by atoms with Gasteiger partial charge in [0.05, 0.1) is 22.6 Å². The highest BCUT2D eigenvalue weighted by Gasteiger charge is 2.56. The molecule has 3 nitrogen and oxygen atoms in total. The molecule has 0 radical (unpaired) electrons. The maximum Gasteiger partial charge on any atom is 0.130 e. The summed E-state index contributed by atoms with van der Waals surface area (Å²) in [7, 11) is 0. The van der Waals surface area contributed by atoms with Gasteiger partial charge in [0, 0.05) is 0 Å². The number of aliphatic hydroxyl groups is 1. The molecule has 0 bridgehead atoms. The summed E-state index contributed by atoms with van der Waals surface area (Å²) in [5, 5.41) is 30.2. The van der Waals surface area contributed by atoms with Crippen molar-refractivity contribution >= 4 is 15.9 Å². The van der Waals surface area contributed by atoms with Crippen molar-refractivity contribution < 1.29 is 10.2 Å². The zero-order chi connectivity index (χ0) is 16.4. The molecule has 4 heteroatoms. The average Bonchev–Trinajstić information content (AvgIpc) is 2.83. The maximum atomic E-state index is 10.5. The first-order valence-corrected chi connectivity index (χ1v) is 9.34. The fourth-order valence-corrected chi connectivity index (χ4v) is 6.10. The Bertz CT molecular complexity index is 697. The van der Waals surface area contributed by atoms with Gasteiger partial charge >= 0.3 is 0 Å². The van der Waals surface area contributed by atoms with E-state index < -0.39 is 0 Å². The van der Waals surface area contributed by atoms with Crippen molar-refractivity contribution in [3.8, 4) is 11.8 Å². The summed E-state index contributed by atoms with van der Waals surface area (Å²) in [5.74, 6) is 1.39. The fourth-order valence-electron chi connectivity index (χ4n) is 5.74. The van der Waals surface area contributed by atoms with E-state index in [1.165, 1.54) is 5.56 Å². The number of hydrogen-bond donors (Lipinski definition) is 2. The van der Waals surface area contributed by atoms with E-state index in [1.807, 2.05) is 6.07 Å². The van der Waals surface area contributed by atoms with Gasteiger partial charge in [-0.05, 0) is 94.5 Å². The molecule has 0 spiro atoms. The molecule has 0 saturated heterocycles. The van der Waals surface area contributed by atoms with E-state index in [0.29, 0.717) is 17.8 Å². The third-order valence-electron chi connectivity index (χ3n) is 6.96. The van der Waals surface area contributed by atoms with Gasteiger partial charge in [0.2, 0.25) is 0 Å². The number of hydrogen-bond acceptors (Lipinski definition) is 3. The second-order valence-corrected chi connectivity index (χ2v) is 8.72. The average molecular weight is 376 g/mol. The lowest BCUT2D eigenvalue weighted by Gasteiger charge is -2.51. The van der Waals surface area contributed by atoms with Gasteiger partial charge < -0.3 is 10.2 Å². The Kier molecular flexibility index (Phi) is 3.52. The molecule has 1 unspecified atom stereocenters. The molecule has 4 rings (SSSR count). The number of rotatable bonds is 0. The molecular weight excluding hydrogens is 354 g/mol. The van der Waals surface area contributed by atoms with Crippen LogP contribution in [0.25, 0.3) is 0 Å². The number of phenols is 1. The van der Waals surface area contributed by atoms with Gasteiger partial charge in [0.15, 0.2) is 0 Å². The third kappa shape index (κ3) is 2.09. The van der Waals surface area contributed by atoms with Crippen LogP contribution in [0.15, 0.2) is 16.6 Å². The zero-order valence-electron chi connectivity index (χ0n) is 13.3. The predicted molar refractivity (Wildman–Crippen MR) is 90.9 cm³/mol. The molecule has 0 amide bonds. The van der Waals surface area contributed by atoms with Crippen LogP contribution in [0, 0.1) is 34.5 Å². The highest BCUT2D eigenvalue weighted by molar-refractivity contribution is 9.10. The van der Waals surface area contributed by atoms with Crippen molar-refractivity contribution in [2.24, 2.45) is 23.2 Å². The van der Waals surface area contributed by atoms with Gasteiger partial charge in [0.25, 0.3) is 0 Å². The molecule has 0 aliphatic heterocycles. The molecule has 1 aromatic carbocycles. The van der Waals surface area contributed by atoms with Gasteiger partial charge in [-0.3, -0.25) is 0 Å². The molecule has 2 saturated carbocycles. The molecular formula is C19H22BrNO2. The van der Waals surface area contributed by atoms with Gasteiger partial charge in [-0.25, -0.2) is 0 Å². The van der Waals surface area contributed by atoms with Crippen LogP contribution < -0.4 is 0 Å². The zero-order valence-corrected chi connectivity index (χ0v) is 14.9. The Hall–Kier alpha value is -1.05. The second kappa shape index (κ2) is 5.22. The highest BCUT2D eigenvalue weighted by atomic mass is 79.9. The standard InChI is InChI=1S/C19H22BrNO2/c1-19-5-4-12-13-8-15(20)16(22)7-10(13)6-11(9-21)18(12)14(19)2-3-17(19)23/h7-8,11-12,14,17-18,22-23H,2-6H2,1H3/t11?,12-,14+,17-,18-,19+/m1/s1. The number of phenolic OH excluding ortho intramolecular Hbond substituents is 1. The van der Waals surface area contributed by atoms with Crippen molar-refractivity contribution in [2.45, 2.75) is 51.0 Å². The molecule has 23 heavy (non-hydrogen) atoms. The summed E-state index contributed by atoms with van der Waals surface area (Å²) >= 11 is 3.44. The number of aliphatic hydroxyl groups excluding tert-OH is 1. The first-order valence-electron chi connectivity index (χ1n) is 8.54. The molecule has 6 atom stereocenters. The Morgan fingerprint density at radius 3 is 2.83 bits per heavy atom. The predicted octanol–water partition coefficient (Wildman–Crippen LogP) is 4.12. The van der Waals surface area contributed by atoms with E-state index in [-0.39, 0.29) is 23.2 Å². The van der Waals surface area contributed by atoms with Gasteiger partial charge in [0.1, 0.15) is 5.75 Å². The third-order valence-corrected chi connectivity index (χ3v) is 7.60. The molecule has 3 aliphatic rings. The van der Waals surface area contributed by atoms with E-state index in [2.05, 4.69) is 35.0 Å². The lowest BCUT2D eigenvalue weighted by molar-refractivity contribution is -0.0311. The number of nitriles is 1. The largest absolute Gasteiger partial charge is 0.507 e. The van der Waals surface area contributed by atoms with Crippen molar-refractivity contribution in [1.29, 1.82) is 5.26 Å². The SMILES string of the molecule is C[C@]12CC[C@@H]3c4cc(Br)c(O)cc4CC(C#N)[C@H]3[C@@H]1CC[C@H]2O. The van der Waals surface area contributed by atoms with Crippen LogP contribution >= 0.6 is 15.9 Å². The van der Waals surface area contributed by atoms with Crippen LogP contribution in [0.2, 0.25) is 0 Å². The Morgan fingerprint density at radius 1 is 1.30 bits per heavy atom. The van der Waals surface area contributed by atoms with Crippen molar-refractivity contribution in [1.82, 2.24) is 0 Å². The summed E-state index contributed by atoms with van der Waals surface area (Å²) in [6, 6.07) is 6.44. The van der Waals surface area contributed by atoms with Crippen LogP contribution in [0.3, 0.4) is 0 Å². The van der Waals surface area contributed by atoms with Gasteiger partial charge in [-0.15, -0.1) is 0 Å². The Morgan fingerprint density at radius 2 is 2.09 bits per heavy atom. The number of halogens is 1. The van der Waals surface area contributed by atoms with E-state index in [4.69, 9.17) is 0 Å². The summed E-state index contributed by atoms with van der Waals surface area (Å²) in [5.41, 5.74) is 2.40. The van der Waals surface area contributed by atoms with Crippen LogP contribution in [0.5, 0.6) is 5.75 Å². The molecule has 122 valence electrons. The van der Waals surface area contributed by atoms with E-state index in [1.54, 1.807) is 0 Å². The molecule has 3 aliphatic carbocycles. The summed E-state index contributed by atoms with van der Waals surface area (Å²) in [6.07, 6.45) is 4.45. The maximum absolute atomic E-state index is 10.5. The molecule has 0 heterocycles. The van der Waals surface area contributed by atoms with Crippen LogP contribution in [0.1, 0.15) is 49.7 Å². The van der Waals surface area contributed by atoms with Crippen molar-refractivity contribution in [3.63, 3.8) is 0 Å². The first kappa shape index (κ1) is 15.5. The lowest BCUT2D eigenvalue weighted by atomic mass is 9.53. The molecule has 0 aromatic heterocycles. The Labute approximate surface area is 145 Å². The van der Waals surface area contributed by atoms with Crippen LogP contribution in [-0.4, -0.2) is 16.3 Å². The minimum absolute atomic E-state index is 0.0111. The van der Waals surface area contributed by atoms with Gasteiger partial charge in [-0.1, -0.05) is 6.92 Å². The van der Waals surface area contributed by atoms with Crippen molar-refractivity contribution in [2.75, 3.05) is 0 Å². The van der Waals surface area contributed by atoms with Crippen molar-refractivity contribution in [3.05, 3.63) is 27.7 Å². The fraction of sp³-hybridized carbons (Fsp3) is 0.632. The summed E-state index contributed by atoms with van der Waals surface area (Å²) < 4.78 is 0.741. The molecule has 1 aromatic rings. The minimum atomic E-state index is -0.222. The second-order valence-electron chi connectivity index (χ2n) is 7.87. The highest BCUT2D eigenvalue weighted by Crippen LogP contribution is 2.62. The van der Waals surface area contributed by atoms with Crippen LogP contribution in [-0.2, 0) is 6.42 Å². The van der Waals surface area contributed by atoms with E-state index >= 15 is 0 Å². The quantitative estimate of drug-likeness (QED) is 0.716. The summed E-state index contributed by atoms with van der Waals surface area (Å²) in [4.78, 5) is 0. The Balaban J connectivity index is 1.81. The van der Waals surface area contributed by atoms with Crippen LogP contribution in [0.4, 0.5) is 0 Å².